The molecular weight excluding hydrogens is 374 g/mol. The minimum Gasteiger partial charge on any atom is -0.410 e. The van der Waals surface area contributed by atoms with Gasteiger partial charge in [0.05, 0.1) is 11.8 Å². The standard InChI is InChI=1S/C25H33NO2Si/c1-25(2,3)29(4,5)28-23(20-13-8-6-9-14-20)18-12-17-22-19-24(27-26-22)21-15-10-7-11-16-21/h6-17,23-24H,18-19H2,1-5H3/b17-12+. The summed E-state index contributed by atoms with van der Waals surface area (Å²) >= 11 is 0. The molecule has 0 radical (unpaired) electrons. The van der Waals surface area contributed by atoms with Crippen molar-refractivity contribution in [3.8, 4) is 0 Å². The average molecular weight is 408 g/mol. The topological polar surface area (TPSA) is 30.8 Å². The normalized spacial score (nSPS) is 18.5. The maximum Gasteiger partial charge on any atom is 0.192 e. The molecule has 0 fully saturated rings. The Hall–Kier alpha value is -2.17. The highest BCUT2D eigenvalue weighted by molar-refractivity contribution is 6.74. The van der Waals surface area contributed by atoms with Crippen molar-refractivity contribution in [1.82, 2.24) is 0 Å². The van der Waals surface area contributed by atoms with E-state index in [0.29, 0.717) is 0 Å². The van der Waals surface area contributed by atoms with E-state index >= 15 is 0 Å². The third kappa shape index (κ3) is 5.68. The van der Waals surface area contributed by atoms with Crippen molar-refractivity contribution in [3.05, 3.63) is 83.9 Å². The van der Waals surface area contributed by atoms with Gasteiger partial charge in [-0.1, -0.05) is 92.7 Å². The van der Waals surface area contributed by atoms with Crippen LogP contribution in [0.15, 0.2) is 78.0 Å². The molecule has 29 heavy (non-hydrogen) atoms. The van der Waals surface area contributed by atoms with E-state index in [1.165, 1.54) is 11.1 Å². The van der Waals surface area contributed by atoms with Gasteiger partial charge in [0.2, 0.25) is 0 Å². The van der Waals surface area contributed by atoms with Crippen molar-refractivity contribution >= 4 is 14.0 Å². The smallest absolute Gasteiger partial charge is 0.192 e. The molecule has 1 aliphatic rings. The first-order valence-electron chi connectivity index (χ1n) is 10.4. The molecule has 0 saturated carbocycles. The monoisotopic (exact) mass is 407 g/mol. The summed E-state index contributed by atoms with van der Waals surface area (Å²) < 4.78 is 6.76. The first-order valence-corrected chi connectivity index (χ1v) is 13.3. The van der Waals surface area contributed by atoms with Crippen LogP contribution in [0.1, 0.15) is 56.9 Å². The quantitative estimate of drug-likeness (QED) is 0.454. The van der Waals surface area contributed by atoms with Gasteiger partial charge in [0.1, 0.15) is 0 Å². The molecule has 1 aliphatic heterocycles. The fourth-order valence-corrected chi connectivity index (χ4v) is 4.42. The molecule has 1 heterocycles. The van der Waals surface area contributed by atoms with Gasteiger partial charge in [0.15, 0.2) is 14.4 Å². The Kier molecular flexibility index (Phi) is 6.76. The fourth-order valence-electron chi connectivity index (χ4n) is 3.12. The lowest BCUT2D eigenvalue weighted by atomic mass is 10.0. The summed E-state index contributed by atoms with van der Waals surface area (Å²) in [6, 6.07) is 20.8. The Balaban J connectivity index is 1.66. The van der Waals surface area contributed by atoms with Crippen LogP contribution in [-0.2, 0) is 9.26 Å². The second-order valence-electron chi connectivity index (χ2n) is 9.21. The maximum absolute atomic E-state index is 6.76. The van der Waals surface area contributed by atoms with Crippen LogP contribution in [0.5, 0.6) is 0 Å². The van der Waals surface area contributed by atoms with Crippen LogP contribution in [0.2, 0.25) is 18.1 Å². The molecule has 4 heteroatoms. The van der Waals surface area contributed by atoms with E-state index in [4.69, 9.17) is 9.26 Å². The molecule has 2 unspecified atom stereocenters. The van der Waals surface area contributed by atoms with E-state index in [2.05, 4.69) is 93.6 Å². The number of allylic oxidation sites excluding steroid dienone is 1. The summed E-state index contributed by atoms with van der Waals surface area (Å²) in [4.78, 5) is 5.63. The van der Waals surface area contributed by atoms with Crippen LogP contribution < -0.4 is 0 Å². The van der Waals surface area contributed by atoms with Crippen LogP contribution in [0.3, 0.4) is 0 Å². The van der Waals surface area contributed by atoms with Crippen molar-refractivity contribution in [2.45, 2.75) is 64.0 Å². The van der Waals surface area contributed by atoms with Crippen molar-refractivity contribution < 1.29 is 9.26 Å². The molecule has 0 spiro atoms. The Morgan fingerprint density at radius 1 is 1.07 bits per heavy atom. The zero-order valence-electron chi connectivity index (χ0n) is 18.3. The molecule has 0 N–H and O–H groups in total. The van der Waals surface area contributed by atoms with Gasteiger partial charge in [0, 0.05) is 6.42 Å². The van der Waals surface area contributed by atoms with Gasteiger partial charge in [-0.2, -0.15) is 0 Å². The van der Waals surface area contributed by atoms with Crippen molar-refractivity contribution in [2.24, 2.45) is 5.16 Å². The summed E-state index contributed by atoms with van der Waals surface area (Å²) in [5.74, 6) is 0. The molecule has 0 bridgehead atoms. The number of hydrogen-bond donors (Lipinski definition) is 0. The number of hydrogen-bond acceptors (Lipinski definition) is 3. The van der Waals surface area contributed by atoms with E-state index < -0.39 is 8.32 Å². The summed E-state index contributed by atoms with van der Waals surface area (Å²) in [6.07, 6.45) is 5.98. The first kappa shape index (κ1) is 21.5. The third-order valence-corrected chi connectivity index (χ3v) is 10.4. The number of oxime groups is 1. The summed E-state index contributed by atoms with van der Waals surface area (Å²) in [7, 11) is -1.88. The number of rotatable bonds is 7. The van der Waals surface area contributed by atoms with E-state index in [1.54, 1.807) is 0 Å². The average Bonchev–Trinajstić information content (AvgIpc) is 3.16. The molecule has 2 aromatic rings. The predicted molar refractivity (Wildman–Crippen MR) is 124 cm³/mol. The highest BCUT2D eigenvalue weighted by atomic mass is 28.4. The lowest BCUT2D eigenvalue weighted by Gasteiger charge is -2.39. The lowest BCUT2D eigenvalue weighted by Crippen LogP contribution is -2.41. The molecule has 2 aromatic carbocycles. The minimum atomic E-state index is -1.88. The molecule has 0 aromatic heterocycles. The number of nitrogens with zero attached hydrogens (tertiary/aromatic N) is 1. The molecule has 0 saturated heterocycles. The van der Waals surface area contributed by atoms with E-state index in [0.717, 1.165) is 18.6 Å². The Labute approximate surface area is 176 Å². The molecule has 3 nitrogen and oxygen atoms in total. The fraction of sp³-hybridized carbons (Fsp3) is 0.400. The highest BCUT2D eigenvalue weighted by Gasteiger charge is 2.39. The van der Waals surface area contributed by atoms with Gasteiger partial charge in [-0.15, -0.1) is 0 Å². The summed E-state index contributed by atoms with van der Waals surface area (Å²) in [5, 5.41) is 4.45. The first-order chi connectivity index (χ1) is 13.8. The van der Waals surface area contributed by atoms with Gasteiger partial charge in [-0.25, -0.2) is 0 Å². The molecular formula is C25H33NO2Si. The van der Waals surface area contributed by atoms with Gasteiger partial charge in [-0.05, 0) is 41.8 Å². The summed E-state index contributed by atoms with van der Waals surface area (Å²) in [6.45, 7) is 11.5. The SMILES string of the molecule is CC(C)(C)[Si](C)(C)OC(C/C=C/C1=NOC(c2ccccc2)C1)c1ccccc1. The van der Waals surface area contributed by atoms with Gasteiger partial charge in [-0.3, -0.25) is 0 Å². The molecule has 3 rings (SSSR count). The lowest BCUT2D eigenvalue weighted by molar-refractivity contribution is 0.0857. The molecule has 154 valence electrons. The predicted octanol–water partition coefficient (Wildman–Crippen LogP) is 7.21. The van der Waals surface area contributed by atoms with Crippen LogP contribution in [0, 0.1) is 0 Å². The second kappa shape index (κ2) is 9.10. The van der Waals surface area contributed by atoms with E-state index in [-0.39, 0.29) is 17.2 Å². The van der Waals surface area contributed by atoms with Crippen molar-refractivity contribution in [2.75, 3.05) is 0 Å². The second-order valence-corrected chi connectivity index (χ2v) is 14.0. The van der Waals surface area contributed by atoms with Gasteiger partial charge in [0.25, 0.3) is 0 Å². The Morgan fingerprint density at radius 3 is 2.31 bits per heavy atom. The van der Waals surface area contributed by atoms with Crippen molar-refractivity contribution in [1.29, 1.82) is 0 Å². The van der Waals surface area contributed by atoms with E-state index in [9.17, 15) is 0 Å². The van der Waals surface area contributed by atoms with Crippen molar-refractivity contribution in [3.63, 3.8) is 0 Å². The van der Waals surface area contributed by atoms with E-state index in [1.807, 2.05) is 18.2 Å². The van der Waals surface area contributed by atoms with Crippen LogP contribution in [0.4, 0.5) is 0 Å². The maximum atomic E-state index is 6.76. The summed E-state index contributed by atoms with van der Waals surface area (Å²) in [5.41, 5.74) is 3.38. The Morgan fingerprint density at radius 2 is 1.69 bits per heavy atom. The zero-order valence-corrected chi connectivity index (χ0v) is 19.3. The van der Waals surface area contributed by atoms with Gasteiger partial charge >= 0.3 is 0 Å². The van der Waals surface area contributed by atoms with Crippen LogP contribution in [-0.4, -0.2) is 14.0 Å². The largest absolute Gasteiger partial charge is 0.410 e. The number of benzene rings is 2. The molecule has 0 aliphatic carbocycles. The molecule has 0 amide bonds. The van der Waals surface area contributed by atoms with Crippen LogP contribution >= 0.6 is 0 Å². The third-order valence-electron chi connectivity index (χ3n) is 5.94. The van der Waals surface area contributed by atoms with Gasteiger partial charge < -0.3 is 9.26 Å². The zero-order chi connectivity index (χ0) is 20.9. The minimum absolute atomic E-state index is 0.0178. The Bertz CT molecular complexity index is 838. The van der Waals surface area contributed by atoms with Crippen LogP contribution in [0.25, 0.3) is 0 Å². The highest BCUT2D eigenvalue weighted by Crippen LogP contribution is 2.40. The molecule has 2 atom stereocenters.